The lowest BCUT2D eigenvalue weighted by molar-refractivity contribution is 0.360. The second-order valence-corrected chi connectivity index (χ2v) is 5.68. The van der Waals surface area contributed by atoms with E-state index < -0.39 is 10.0 Å². The van der Waals surface area contributed by atoms with Crippen LogP contribution in [0.3, 0.4) is 0 Å². The van der Waals surface area contributed by atoms with E-state index in [-0.39, 0.29) is 10.6 Å². The van der Waals surface area contributed by atoms with Gasteiger partial charge in [0.25, 0.3) is 0 Å². The van der Waals surface area contributed by atoms with Gasteiger partial charge in [0.15, 0.2) is 0 Å². The molecule has 0 saturated carbocycles. The first-order valence-corrected chi connectivity index (χ1v) is 6.73. The summed E-state index contributed by atoms with van der Waals surface area (Å²) in [5.41, 5.74) is 0.226. The maximum absolute atomic E-state index is 12.2. The average molecular weight is 255 g/mol. The summed E-state index contributed by atoms with van der Waals surface area (Å²) in [6.45, 7) is 2.26. The Kier molecular flexibility index (Phi) is 3.51. The van der Waals surface area contributed by atoms with Crippen molar-refractivity contribution in [3.8, 4) is 0 Å². The number of piperazine rings is 1. The number of benzene rings is 1. The predicted molar refractivity (Wildman–Crippen MR) is 63.5 cm³/mol. The quantitative estimate of drug-likeness (QED) is 0.805. The molecule has 1 saturated heterocycles. The summed E-state index contributed by atoms with van der Waals surface area (Å²) in [6.07, 6.45) is 0. The van der Waals surface area contributed by atoms with Crippen LogP contribution in [0.4, 0.5) is 5.69 Å². The van der Waals surface area contributed by atoms with E-state index in [9.17, 15) is 13.3 Å². The third-order valence-electron chi connectivity index (χ3n) is 2.66. The molecule has 7 heteroatoms. The molecule has 0 radical (unpaired) electrons. The van der Waals surface area contributed by atoms with Gasteiger partial charge in [0.05, 0.1) is 4.90 Å². The molecule has 1 heterocycles. The van der Waals surface area contributed by atoms with E-state index in [1.807, 2.05) is 0 Å². The Balaban J connectivity index is 2.26. The molecule has 6 nitrogen and oxygen atoms in total. The van der Waals surface area contributed by atoms with E-state index >= 15 is 0 Å². The number of hydrogen-bond acceptors (Lipinski definition) is 5. The van der Waals surface area contributed by atoms with Crippen LogP contribution >= 0.6 is 0 Å². The fraction of sp³-hybridized carbons (Fsp3) is 0.400. The van der Waals surface area contributed by atoms with Crippen LogP contribution in [0.1, 0.15) is 0 Å². The number of nitrogens with zero attached hydrogens (tertiary/aromatic N) is 2. The molecular formula is C10H13N3O3S. The van der Waals surface area contributed by atoms with Crippen LogP contribution in [-0.2, 0) is 10.0 Å². The van der Waals surface area contributed by atoms with Crippen LogP contribution in [0.15, 0.2) is 34.3 Å². The summed E-state index contributed by atoms with van der Waals surface area (Å²) in [4.78, 5) is 10.5. The van der Waals surface area contributed by atoms with E-state index in [1.165, 1.54) is 28.6 Å². The first-order valence-electron chi connectivity index (χ1n) is 5.29. The molecule has 17 heavy (non-hydrogen) atoms. The molecule has 1 fully saturated rings. The molecular weight excluding hydrogens is 242 g/mol. The Hall–Kier alpha value is -1.31. The van der Waals surface area contributed by atoms with Crippen LogP contribution in [0.2, 0.25) is 0 Å². The van der Waals surface area contributed by atoms with E-state index in [4.69, 9.17) is 0 Å². The van der Waals surface area contributed by atoms with Crippen LogP contribution in [-0.4, -0.2) is 38.9 Å². The van der Waals surface area contributed by atoms with Crippen LogP contribution in [0, 0.1) is 4.91 Å². The molecule has 0 spiro atoms. The first kappa shape index (κ1) is 12.2. The van der Waals surface area contributed by atoms with Gasteiger partial charge in [-0.05, 0) is 29.4 Å². The number of nitrogens with one attached hydrogen (secondary N) is 1. The van der Waals surface area contributed by atoms with Gasteiger partial charge < -0.3 is 5.32 Å². The predicted octanol–water partition coefficient (Wildman–Crippen LogP) is 0.678. The Morgan fingerprint density at radius 2 is 1.71 bits per heavy atom. The highest BCUT2D eigenvalue weighted by molar-refractivity contribution is 7.89. The molecule has 0 amide bonds. The lowest BCUT2D eigenvalue weighted by Gasteiger charge is -2.26. The third kappa shape index (κ3) is 2.51. The molecule has 1 aromatic rings. The SMILES string of the molecule is O=Nc1ccc(S(=O)(=O)N2CCNCC2)cc1. The number of nitroso groups, excluding NO2 is 1. The monoisotopic (exact) mass is 255 g/mol. The van der Waals surface area contributed by atoms with Crippen molar-refractivity contribution in [2.45, 2.75) is 4.90 Å². The van der Waals surface area contributed by atoms with Gasteiger partial charge in [-0.3, -0.25) is 0 Å². The number of sulfonamides is 1. The van der Waals surface area contributed by atoms with Gasteiger partial charge in [0, 0.05) is 26.2 Å². The molecule has 2 rings (SSSR count). The van der Waals surface area contributed by atoms with Gasteiger partial charge in [-0.25, -0.2) is 8.42 Å². The van der Waals surface area contributed by atoms with Gasteiger partial charge in [-0.2, -0.15) is 4.31 Å². The minimum atomic E-state index is -3.44. The molecule has 0 unspecified atom stereocenters. The molecule has 0 aliphatic carbocycles. The van der Waals surface area contributed by atoms with Gasteiger partial charge in [0.1, 0.15) is 5.69 Å². The molecule has 0 atom stereocenters. The summed E-state index contributed by atoms with van der Waals surface area (Å²) in [5, 5.41) is 5.83. The van der Waals surface area contributed by atoms with Crippen molar-refractivity contribution in [2.24, 2.45) is 5.18 Å². The fourth-order valence-corrected chi connectivity index (χ4v) is 3.15. The molecule has 92 valence electrons. The highest BCUT2D eigenvalue weighted by Gasteiger charge is 2.25. The van der Waals surface area contributed by atoms with E-state index in [0.29, 0.717) is 26.2 Å². The molecule has 1 N–H and O–H groups in total. The first-order chi connectivity index (χ1) is 8.14. The second kappa shape index (κ2) is 4.91. The number of rotatable bonds is 3. The smallest absolute Gasteiger partial charge is 0.243 e. The van der Waals surface area contributed by atoms with Crippen molar-refractivity contribution in [1.82, 2.24) is 9.62 Å². The van der Waals surface area contributed by atoms with Gasteiger partial charge in [0.2, 0.25) is 10.0 Å². The van der Waals surface area contributed by atoms with Crippen LogP contribution in [0.25, 0.3) is 0 Å². The Bertz CT molecular complexity index is 492. The zero-order chi connectivity index (χ0) is 12.3. The summed E-state index contributed by atoms with van der Waals surface area (Å²) >= 11 is 0. The van der Waals surface area contributed by atoms with Gasteiger partial charge >= 0.3 is 0 Å². The normalized spacial score (nSPS) is 17.9. The standard InChI is InChI=1S/C10H13N3O3S/c14-12-9-1-3-10(4-2-9)17(15,16)13-7-5-11-6-8-13/h1-4,11H,5-8H2. The Labute approximate surface area is 99.7 Å². The van der Waals surface area contributed by atoms with Crippen molar-refractivity contribution in [2.75, 3.05) is 26.2 Å². The van der Waals surface area contributed by atoms with Crippen molar-refractivity contribution in [3.05, 3.63) is 29.2 Å². The van der Waals surface area contributed by atoms with Crippen molar-refractivity contribution < 1.29 is 8.42 Å². The third-order valence-corrected chi connectivity index (χ3v) is 4.57. The summed E-state index contributed by atoms with van der Waals surface area (Å²) < 4.78 is 25.8. The van der Waals surface area contributed by atoms with Crippen molar-refractivity contribution in [1.29, 1.82) is 0 Å². The summed E-state index contributed by atoms with van der Waals surface area (Å²) in [7, 11) is -3.44. The summed E-state index contributed by atoms with van der Waals surface area (Å²) in [6, 6.07) is 5.63. The Morgan fingerprint density at radius 1 is 1.12 bits per heavy atom. The maximum Gasteiger partial charge on any atom is 0.243 e. The topological polar surface area (TPSA) is 78.8 Å². The minimum Gasteiger partial charge on any atom is -0.314 e. The molecule has 0 aromatic heterocycles. The Morgan fingerprint density at radius 3 is 2.24 bits per heavy atom. The average Bonchev–Trinajstić information content (AvgIpc) is 2.40. The lowest BCUT2D eigenvalue weighted by atomic mass is 10.3. The van der Waals surface area contributed by atoms with E-state index in [1.54, 1.807) is 0 Å². The highest BCUT2D eigenvalue weighted by Crippen LogP contribution is 2.19. The van der Waals surface area contributed by atoms with Crippen LogP contribution < -0.4 is 5.32 Å². The minimum absolute atomic E-state index is 0.201. The van der Waals surface area contributed by atoms with E-state index in [0.717, 1.165) is 0 Å². The molecule has 1 aromatic carbocycles. The van der Waals surface area contributed by atoms with Crippen LogP contribution in [0.5, 0.6) is 0 Å². The largest absolute Gasteiger partial charge is 0.314 e. The summed E-state index contributed by atoms with van der Waals surface area (Å²) in [5.74, 6) is 0. The zero-order valence-corrected chi connectivity index (χ0v) is 9.98. The molecule has 0 bridgehead atoms. The highest BCUT2D eigenvalue weighted by atomic mass is 32.2. The zero-order valence-electron chi connectivity index (χ0n) is 9.17. The molecule has 1 aliphatic heterocycles. The molecule has 1 aliphatic rings. The van der Waals surface area contributed by atoms with Crippen molar-refractivity contribution in [3.63, 3.8) is 0 Å². The number of hydrogen-bond donors (Lipinski definition) is 1. The van der Waals surface area contributed by atoms with E-state index in [2.05, 4.69) is 10.5 Å². The fourth-order valence-electron chi connectivity index (χ4n) is 1.71. The maximum atomic E-state index is 12.2. The lowest BCUT2D eigenvalue weighted by Crippen LogP contribution is -2.46. The van der Waals surface area contributed by atoms with Gasteiger partial charge in [-0.1, -0.05) is 0 Å². The van der Waals surface area contributed by atoms with Crippen molar-refractivity contribution >= 4 is 15.7 Å². The van der Waals surface area contributed by atoms with Gasteiger partial charge in [-0.15, -0.1) is 4.91 Å². The second-order valence-electron chi connectivity index (χ2n) is 3.74.